The molecular weight excluding hydrogens is 408 g/mol. The quantitative estimate of drug-likeness (QED) is 0.746. The van der Waals surface area contributed by atoms with E-state index in [0.29, 0.717) is 41.0 Å². The number of anilines is 4. The molecule has 1 aromatic carbocycles. The van der Waals surface area contributed by atoms with Crippen LogP contribution in [0.5, 0.6) is 5.75 Å². The number of benzene rings is 1. The van der Waals surface area contributed by atoms with Gasteiger partial charge in [0.05, 0.1) is 24.4 Å². The van der Waals surface area contributed by atoms with Crippen LogP contribution in [0.25, 0.3) is 0 Å². The molecule has 0 saturated carbocycles. The first-order valence-corrected chi connectivity index (χ1v) is 10.2. The molecule has 0 atom stereocenters. The van der Waals surface area contributed by atoms with Crippen LogP contribution >= 0.6 is 0 Å². The van der Waals surface area contributed by atoms with Gasteiger partial charge in [0, 0.05) is 31.9 Å². The molecule has 0 spiro atoms. The van der Waals surface area contributed by atoms with Crippen molar-refractivity contribution in [3.63, 3.8) is 0 Å². The van der Waals surface area contributed by atoms with Crippen molar-refractivity contribution in [1.29, 1.82) is 0 Å². The lowest BCUT2D eigenvalue weighted by atomic mass is 9.91. The number of carbonyl (C=O) groups excluding carboxylic acids is 2. The molecule has 0 bridgehead atoms. The normalized spacial score (nSPS) is 16.5. The molecular formula is C23H26N6O3. The highest BCUT2D eigenvalue weighted by Crippen LogP contribution is 2.39. The topological polar surface area (TPSA) is 99.7 Å². The van der Waals surface area contributed by atoms with Gasteiger partial charge in [0.25, 0.3) is 5.91 Å². The summed E-state index contributed by atoms with van der Waals surface area (Å²) in [6, 6.07) is 5.08. The second kappa shape index (κ2) is 7.99. The van der Waals surface area contributed by atoms with Gasteiger partial charge in [0.2, 0.25) is 11.9 Å². The SMILES string of the molecule is CNC(=O)c1ccc(Nc2ncc3c(n2)N(C2=CC=C2)CC(C)(C)C(=O)N3C)c(OC)c1. The molecule has 0 saturated heterocycles. The molecule has 9 nitrogen and oxygen atoms in total. The fraction of sp³-hybridized carbons (Fsp3) is 0.304. The molecule has 2 aliphatic rings. The minimum absolute atomic E-state index is 0.000853. The fourth-order valence-electron chi connectivity index (χ4n) is 3.74. The highest BCUT2D eigenvalue weighted by Gasteiger charge is 2.40. The average molecular weight is 435 g/mol. The number of hydrogen-bond donors (Lipinski definition) is 2. The van der Waals surface area contributed by atoms with E-state index in [0.717, 1.165) is 5.70 Å². The van der Waals surface area contributed by atoms with Gasteiger partial charge < -0.3 is 25.2 Å². The number of nitrogens with zero attached hydrogens (tertiary/aromatic N) is 4. The Hall–Kier alpha value is -3.88. The van der Waals surface area contributed by atoms with E-state index >= 15 is 0 Å². The van der Waals surface area contributed by atoms with Gasteiger partial charge in [-0.05, 0) is 44.2 Å². The molecule has 2 amide bonds. The van der Waals surface area contributed by atoms with Gasteiger partial charge in [-0.15, -0.1) is 0 Å². The summed E-state index contributed by atoms with van der Waals surface area (Å²) in [5.41, 5.74) is 2.11. The second-order valence-electron chi connectivity index (χ2n) is 8.31. The van der Waals surface area contributed by atoms with Crippen molar-refractivity contribution < 1.29 is 14.3 Å². The highest BCUT2D eigenvalue weighted by molar-refractivity contribution is 6.01. The third kappa shape index (κ3) is 3.66. The maximum atomic E-state index is 13.0. The van der Waals surface area contributed by atoms with Crippen molar-refractivity contribution in [2.45, 2.75) is 13.8 Å². The summed E-state index contributed by atoms with van der Waals surface area (Å²) >= 11 is 0. The maximum Gasteiger partial charge on any atom is 0.251 e. The number of amides is 2. The number of allylic oxidation sites excluding steroid dienone is 3. The van der Waals surface area contributed by atoms with Crippen LogP contribution in [0.15, 0.2) is 48.3 Å². The molecule has 2 heterocycles. The summed E-state index contributed by atoms with van der Waals surface area (Å²) in [5.74, 6) is 1.27. The van der Waals surface area contributed by atoms with Crippen LogP contribution in [-0.4, -0.2) is 49.5 Å². The average Bonchev–Trinajstić information content (AvgIpc) is 2.81. The summed E-state index contributed by atoms with van der Waals surface area (Å²) in [5, 5.41) is 5.77. The fourth-order valence-corrected chi connectivity index (χ4v) is 3.74. The monoisotopic (exact) mass is 434 g/mol. The summed E-state index contributed by atoms with van der Waals surface area (Å²) in [7, 11) is 4.85. The van der Waals surface area contributed by atoms with Crippen molar-refractivity contribution in [2.75, 3.05) is 42.9 Å². The lowest BCUT2D eigenvalue weighted by Gasteiger charge is -2.31. The summed E-state index contributed by atoms with van der Waals surface area (Å²) < 4.78 is 5.45. The summed E-state index contributed by atoms with van der Waals surface area (Å²) in [4.78, 5) is 37.8. The standard InChI is InChI=1S/C23H26N6O3/c1-23(2)13-29(15-7-6-8-15)19-17(28(4)21(23)31)12-25-22(27-19)26-16-10-9-14(20(30)24-3)11-18(16)32-5/h6-12H,13H2,1-5H3,(H,24,30)(H,25,26,27). The summed E-state index contributed by atoms with van der Waals surface area (Å²) in [6.45, 7) is 4.35. The Morgan fingerprint density at radius 1 is 1.28 bits per heavy atom. The van der Waals surface area contributed by atoms with E-state index in [4.69, 9.17) is 9.72 Å². The van der Waals surface area contributed by atoms with Crippen LogP contribution in [0.2, 0.25) is 0 Å². The van der Waals surface area contributed by atoms with Gasteiger partial charge in [0.15, 0.2) is 5.82 Å². The van der Waals surface area contributed by atoms with E-state index in [2.05, 4.69) is 15.6 Å². The number of ether oxygens (including phenoxy) is 1. The molecule has 2 N–H and O–H groups in total. The van der Waals surface area contributed by atoms with E-state index in [1.165, 1.54) is 7.11 Å². The number of methoxy groups -OCH3 is 1. The van der Waals surface area contributed by atoms with Crippen LogP contribution in [0.3, 0.4) is 0 Å². The van der Waals surface area contributed by atoms with E-state index in [-0.39, 0.29) is 11.8 Å². The van der Waals surface area contributed by atoms with Crippen molar-refractivity contribution in [3.8, 4) is 5.75 Å². The minimum atomic E-state index is -0.605. The molecule has 0 unspecified atom stereocenters. The number of rotatable bonds is 5. The van der Waals surface area contributed by atoms with Crippen LogP contribution in [0, 0.1) is 5.41 Å². The van der Waals surface area contributed by atoms with Gasteiger partial charge in [-0.3, -0.25) is 9.59 Å². The first-order chi connectivity index (χ1) is 15.2. The second-order valence-corrected chi connectivity index (χ2v) is 8.31. The first-order valence-electron chi connectivity index (χ1n) is 10.2. The number of carbonyl (C=O) groups is 2. The zero-order valence-corrected chi connectivity index (χ0v) is 18.8. The van der Waals surface area contributed by atoms with Crippen LogP contribution in [0.1, 0.15) is 24.2 Å². The molecule has 0 fully saturated rings. The molecule has 4 rings (SSSR count). The first kappa shape index (κ1) is 21.4. The molecule has 9 heteroatoms. The van der Waals surface area contributed by atoms with Gasteiger partial charge in [-0.1, -0.05) is 6.08 Å². The molecule has 32 heavy (non-hydrogen) atoms. The Morgan fingerprint density at radius 3 is 2.66 bits per heavy atom. The van der Waals surface area contributed by atoms with Gasteiger partial charge in [0.1, 0.15) is 11.4 Å². The zero-order valence-electron chi connectivity index (χ0n) is 18.8. The number of aromatic nitrogens is 2. The van der Waals surface area contributed by atoms with Gasteiger partial charge in [-0.2, -0.15) is 4.98 Å². The van der Waals surface area contributed by atoms with E-state index in [1.807, 2.05) is 37.0 Å². The van der Waals surface area contributed by atoms with Gasteiger partial charge in [-0.25, -0.2) is 4.98 Å². The molecule has 1 aliphatic heterocycles. The highest BCUT2D eigenvalue weighted by atomic mass is 16.5. The smallest absolute Gasteiger partial charge is 0.251 e. The molecule has 1 aliphatic carbocycles. The Kier molecular flexibility index (Phi) is 5.33. The van der Waals surface area contributed by atoms with Crippen molar-refractivity contribution in [2.24, 2.45) is 5.41 Å². The van der Waals surface area contributed by atoms with Crippen LogP contribution in [0.4, 0.5) is 23.1 Å². The number of hydrogen-bond acceptors (Lipinski definition) is 7. The van der Waals surface area contributed by atoms with E-state index in [1.54, 1.807) is 43.4 Å². The van der Waals surface area contributed by atoms with Crippen molar-refractivity contribution >= 4 is 35.0 Å². The Bertz CT molecular complexity index is 1150. The zero-order chi connectivity index (χ0) is 23.0. The maximum absolute atomic E-state index is 13.0. The predicted octanol–water partition coefficient (Wildman–Crippen LogP) is 2.85. The van der Waals surface area contributed by atoms with Crippen molar-refractivity contribution in [3.05, 3.63) is 53.9 Å². The molecule has 2 aromatic rings. The third-order valence-electron chi connectivity index (χ3n) is 5.59. The molecule has 166 valence electrons. The van der Waals surface area contributed by atoms with E-state index < -0.39 is 5.41 Å². The number of fused-ring (bicyclic) bond motifs is 1. The minimum Gasteiger partial charge on any atom is -0.495 e. The largest absolute Gasteiger partial charge is 0.495 e. The molecule has 0 radical (unpaired) electrons. The Morgan fingerprint density at radius 2 is 2.03 bits per heavy atom. The Labute approximate surface area is 186 Å². The Balaban J connectivity index is 1.73. The van der Waals surface area contributed by atoms with E-state index in [9.17, 15) is 9.59 Å². The molecule has 1 aromatic heterocycles. The van der Waals surface area contributed by atoms with Crippen LogP contribution in [-0.2, 0) is 4.79 Å². The lowest BCUT2D eigenvalue weighted by molar-refractivity contribution is -0.125. The van der Waals surface area contributed by atoms with Crippen LogP contribution < -0.4 is 25.2 Å². The third-order valence-corrected chi connectivity index (χ3v) is 5.59. The number of nitrogens with one attached hydrogen (secondary N) is 2. The summed E-state index contributed by atoms with van der Waals surface area (Å²) in [6.07, 6.45) is 7.58. The van der Waals surface area contributed by atoms with Gasteiger partial charge >= 0.3 is 0 Å². The lowest BCUT2D eigenvalue weighted by Crippen LogP contribution is -2.42. The predicted molar refractivity (Wildman–Crippen MR) is 123 cm³/mol. The van der Waals surface area contributed by atoms with Crippen molar-refractivity contribution in [1.82, 2.24) is 15.3 Å².